The number of rotatable bonds is 5. The molecule has 1 heterocycles. The SMILES string of the molecule is CCC(CN)C(=O)NCc1ccccn1. The van der Waals surface area contributed by atoms with Crippen LogP contribution in [0.25, 0.3) is 0 Å². The zero-order valence-electron chi connectivity index (χ0n) is 8.94. The first-order chi connectivity index (χ1) is 7.27. The van der Waals surface area contributed by atoms with Crippen LogP contribution in [0.4, 0.5) is 0 Å². The van der Waals surface area contributed by atoms with E-state index in [1.54, 1.807) is 6.20 Å². The lowest BCUT2D eigenvalue weighted by molar-refractivity contribution is -0.124. The Hall–Kier alpha value is -1.42. The molecule has 1 aromatic heterocycles. The Balaban J connectivity index is 2.40. The maximum Gasteiger partial charge on any atom is 0.224 e. The smallest absolute Gasteiger partial charge is 0.224 e. The third-order valence-electron chi connectivity index (χ3n) is 2.32. The summed E-state index contributed by atoms with van der Waals surface area (Å²) < 4.78 is 0. The van der Waals surface area contributed by atoms with Crippen LogP contribution < -0.4 is 11.1 Å². The zero-order valence-corrected chi connectivity index (χ0v) is 8.94. The Morgan fingerprint density at radius 1 is 1.60 bits per heavy atom. The van der Waals surface area contributed by atoms with Gasteiger partial charge in [0.25, 0.3) is 0 Å². The summed E-state index contributed by atoms with van der Waals surface area (Å²) in [5, 5.41) is 2.82. The fourth-order valence-corrected chi connectivity index (χ4v) is 1.28. The lowest BCUT2D eigenvalue weighted by Gasteiger charge is -2.11. The first-order valence-electron chi connectivity index (χ1n) is 5.15. The van der Waals surface area contributed by atoms with Crippen molar-refractivity contribution in [3.8, 4) is 0 Å². The lowest BCUT2D eigenvalue weighted by atomic mass is 10.1. The largest absolute Gasteiger partial charge is 0.350 e. The molecule has 1 atom stereocenters. The highest BCUT2D eigenvalue weighted by Crippen LogP contribution is 2.00. The molecular formula is C11H17N3O. The maximum absolute atomic E-state index is 11.6. The van der Waals surface area contributed by atoms with Gasteiger partial charge in [0.05, 0.1) is 12.2 Å². The molecule has 0 saturated heterocycles. The van der Waals surface area contributed by atoms with E-state index in [1.807, 2.05) is 25.1 Å². The Kier molecular flexibility index (Phi) is 4.77. The second-order valence-electron chi connectivity index (χ2n) is 3.38. The molecule has 4 heteroatoms. The third kappa shape index (κ3) is 3.67. The summed E-state index contributed by atoms with van der Waals surface area (Å²) in [6.07, 6.45) is 2.48. The van der Waals surface area contributed by atoms with Gasteiger partial charge >= 0.3 is 0 Å². The topological polar surface area (TPSA) is 68.0 Å². The molecule has 82 valence electrons. The molecule has 1 rings (SSSR count). The van der Waals surface area contributed by atoms with Crippen LogP contribution in [0.1, 0.15) is 19.0 Å². The number of carbonyl (C=O) groups excluding carboxylic acids is 1. The standard InChI is InChI=1S/C11H17N3O/c1-2-9(7-12)11(15)14-8-10-5-3-4-6-13-10/h3-6,9H,2,7-8,12H2,1H3,(H,14,15). The van der Waals surface area contributed by atoms with Crippen molar-refractivity contribution in [3.63, 3.8) is 0 Å². The predicted octanol–water partition coefficient (Wildman–Crippen LogP) is 0.683. The van der Waals surface area contributed by atoms with Crippen LogP contribution in [0.5, 0.6) is 0 Å². The predicted molar refractivity (Wildman–Crippen MR) is 58.9 cm³/mol. The van der Waals surface area contributed by atoms with E-state index in [1.165, 1.54) is 0 Å². The number of nitrogens with zero attached hydrogens (tertiary/aromatic N) is 1. The van der Waals surface area contributed by atoms with Crippen molar-refractivity contribution in [2.45, 2.75) is 19.9 Å². The Morgan fingerprint density at radius 2 is 2.40 bits per heavy atom. The van der Waals surface area contributed by atoms with E-state index in [2.05, 4.69) is 10.3 Å². The van der Waals surface area contributed by atoms with Gasteiger partial charge in [0.1, 0.15) is 0 Å². The molecule has 4 nitrogen and oxygen atoms in total. The van der Waals surface area contributed by atoms with Gasteiger partial charge in [0, 0.05) is 18.7 Å². The average molecular weight is 207 g/mol. The highest BCUT2D eigenvalue weighted by molar-refractivity contribution is 5.78. The van der Waals surface area contributed by atoms with Crippen molar-refractivity contribution >= 4 is 5.91 Å². The summed E-state index contributed by atoms with van der Waals surface area (Å²) in [5.74, 6) is -0.0839. The molecule has 0 fully saturated rings. The molecular weight excluding hydrogens is 190 g/mol. The fourth-order valence-electron chi connectivity index (χ4n) is 1.28. The van der Waals surface area contributed by atoms with E-state index in [9.17, 15) is 4.79 Å². The Morgan fingerprint density at radius 3 is 2.93 bits per heavy atom. The van der Waals surface area contributed by atoms with E-state index < -0.39 is 0 Å². The summed E-state index contributed by atoms with van der Waals surface area (Å²) in [5.41, 5.74) is 6.34. The minimum Gasteiger partial charge on any atom is -0.350 e. The summed E-state index contributed by atoms with van der Waals surface area (Å²) in [4.78, 5) is 15.7. The molecule has 1 amide bonds. The second kappa shape index (κ2) is 6.14. The van der Waals surface area contributed by atoms with E-state index in [-0.39, 0.29) is 11.8 Å². The molecule has 0 radical (unpaired) electrons. The Labute approximate surface area is 89.9 Å². The first kappa shape index (κ1) is 11.7. The van der Waals surface area contributed by atoms with Gasteiger partial charge in [-0.1, -0.05) is 13.0 Å². The number of hydrogen-bond acceptors (Lipinski definition) is 3. The number of nitrogens with two attached hydrogens (primary N) is 1. The molecule has 1 unspecified atom stereocenters. The van der Waals surface area contributed by atoms with Gasteiger partial charge < -0.3 is 11.1 Å². The molecule has 3 N–H and O–H groups in total. The van der Waals surface area contributed by atoms with Gasteiger partial charge in [-0.3, -0.25) is 9.78 Å². The first-order valence-corrected chi connectivity index (χ1v) is 5.15. The average Bonchev–Trinajstić information content (AvgIpc) is 2.29. The van der Waals surface area contributed by atoms with Gasteiger partial charge in [0.15, 0.2) is 0 Å². The molecule has 15 heavy (non-hydrogen) atoms. The number of hydrogen-bond donors (Lipinski definition) is 2. The highest BCUT2D eigenvalue weighted by Gasteiger charge is 2.13. The summed E-state index contributed by atoms with van der Waals surface area (Å²) in [6, 6.07) is 5.62. The number of pyridine rings is 1. The molecule has 0 aliphatic rings. The highest BCUT2D eigenvalue weighted by atomic mass is 16.1. The van der Waals surface area contributed by atoms with Crippen molar-refractivity contribution in [2.75, 3.05) is 6.54 Å². The van der Waals surface area contributed by atoms with Crippen molar-refractivity contribution in [1.29, 1.82) is 0 Å². The van der Waals surface area contributed by atoms with Crippen LogP contribution in [-0.2, 0) is 11.3 Å². The van der Waals surface area contributed by atoms with Crippen LogP contribution in [0.2, 0.25) is 0 Å². The Bertz CT molecular complexity index is 296. The molecule has 0 bridgehead atoms. The zero-order chi connectivity index (χ0) is 11.1. The van der Waals surface area contributed by atoms with Crippen LogP contribution in [0, 0.1) is 5.92 Å². The number of nitrogens with one attached hydrogen (secondary N) is 1. The van der Waals surface area contributed by atoms with Crippen molar-refractivity contribution < 1.29 is 4.79 Å². The molecule has 0 aliphatic heterocycles. The molecule has 0 aliphatic carbocycles. The third-order valence-corrected chi connectivity index (χ3v) is 2.32. The number of carbonyl (C=O) groups is 1. The summed E-state index contributed by atoms with van der Waals surface area (Å²) >= 11 is 0. The van der Waals surface area contributed by atoms with Gasteiger partial charge in [-0.15, -0.1) is 0 Å². The second-order valence-corrected chi connectivity index (χ2v) is 3.38. The van der Waals surface area contributed by atoms with Crippen molar-refractivity contribution in [1.82, 2.24) is 10.3 Å². The van der Waals surface area contributed by atoms with E-state index in [4.69, 9.17) is 5.73 Å². The molecule has 0 saturated carbocycles. The fraction of sp³-hybridized carbons (Fsp3) is 0.455. The minimum atomic E-state index is -0.0892. The quantitative estimate of drug-likeness (QED) is 0.746. The van der Waals surface area contributed by atoms with Crippen LogP contribution in [0.3, 0.4) is 0 Å². The lowest BCUT2D eigenvalue weighted by Crippen LogP contribution is -2.34. The molecule has 0 spiro atoms. The normalized spacial score (nSPS) is 12.1. The van der Waals surface area contributed by atoms with Crippen LogP contribution >= 0.6 is 0 Å². The van der Waals surface area contributed by atoms with Gasteiger partial charge in [-0.25, -0.2) is 0 Å². The van der Waals surface area contributed by atoms with Gasteiger partial charge in [-0.05, 0) is 18.6 Å². The van der Waals surface area contributed by atoms with Gasteiger partial charge in [-0.2, -0.15) is 0 Å². The van der Waals surface area contributed by atoms with E-state index >= 15 is 0 Å². The maximum atomic E-state index is 11.6. The van der Waals surface area contributed by atoms with Gasteiger partial charge in [0.2, 0.25) is 5.91 Å². The molecule has 1 aromatic rings. The summed E-state index contributed by atoms with van der Waals surface area (Å²) in [6.45, 7) is 2.82. The minimum absolute atomic E-state index is 0.00523. The van der Waals surface area contributed by atoms with Crippen molar-refractivity contribution in [2.24, 2.45) is 11.7 Å². The van der Waals surface area contributed by atoms with E-state index in [0.29, 0.717) is 13.1 Å². The van der Waals surface area contributed by atoms with Crippen molar-refractivity contribution in [3.05, 3.63) is 30.1 Å². The monoisotopic (exact) mass is 207 g/mol. The van der Waals surface area contributed by atoms with E-state index in [0.717, 1.165) is 12.1 Å². The van der Waals surface area contributed by atoms with Crippen LogP contribution in [-0.4, -0.2) is 17.4 Å². The number of aromatic nitrogens is 1. The number of amides is 1. The van der Waals surface area contributed by atoms with Crippen LogP contribution in [0.15, 0.2) is 24.4 Å². The molecule has 0 aromatic carbocycles. The summed E-state index contributed by atoms with van der Waals surface area (Å²) in [7, 11) is 0.